The van der Waals surface area contributed by atoms with Gasteiger partial charge in [0.05, 0.1) is 18.4 Å². The highest BCUT2D eigenvalue weighted by molar-refractivity contribution is 5.90. The first-order valence-corrected chi connectivity index (χ1v) is 5.42. The number of hydrogen-bond donors (Lipinski definition) is 1. The number of carbonyl (C=O) groups excluding carboxylic acids is 2. The number of rotatable bonds is 4. The Morgan fingerprint density at radius 2 is 2.33 bits per heavy atom. The molecule has 1 saturated heterocycles. The summed E-state index contributed by atoms with van der Waals surface area (Å²) in [7, 11) is 1.38. The zero-order valence-corrected chi connectivity index (χ0v) is 9.63. The Kier molecular flexibility index (Phi) is 3.72. The molecule has 0 aromatic rings. The predicted octanol–water partition coefficient (Wildman–Crippen LogP) is 1.10. The quantitative estimate of drug-likeness (QED) is 0.711. The Bertz CT molecular complexity index is 265. The van der Waals surface area contributed by atoms with Gasteiger partial charge in [0.15, 0.2) is 0 Å². The van der Waals surface area contributed by atoms with Crippen molar-refractivity contribution in [2.24, 2.45) is 11.3 Å². The molecule has 1 amide bonds. The van der Waals surface area contributed by atoms with Crippen molar-refractivity contribution in [3.63, 3.8) is 0 Å². The van der Waals surface area contributed by atoms with Gasteiger partial charge in [0.25, 0.3) is 0 Å². The SMILES string of the molecule is CCC[C@H](C(=O)OC)[C@@]1(C)CCNC1=O. The van der Waals surface area contributed by atoms with Crippen LogP contribution in [0.2, 0.25) is 0 Å². The molecule has 2 atom stereocenters. The highest BCUT2D eigenvalue weighted by Crippen LogP contribution is 2.38. The molecule has 1 N–H and O–H groups in total. The highest BCUT2D eigenvalue weighted by atomic mass is 16.5. The zero-order valence-electron chi connectivity index (χ0n) is 9.63. The molecule has 1 aliphatic rings. The molecule has 0 spiro atoms. The van der Waals surface area contributed by atoms with Gasteiger partial charge in [0, 0.05) is 6.54 Å². The summed E-state index contributed by atoms with van der Waals surface area (Å²) in [6, 6.07) is 0. The first-order chi connectivity index (χ1) is 7.06. The van der Waals surface area contributed by atoms with E-state index in [-0.39, 0.29) is 17.8 Å². The average Bonchev–Trinajstić information content (AvgIpc) is 2.55. The fraction of sp³-hybridized carbons (Fsp3) is 0.818. The molecule has 4 heteroatoms. The van der Waals surface area contributed by atoms with Gasteiger partial charge < -0.3 is 10.1 Å². The number of ether oxygens (including phenoxy) is 1. The topological polar surface area (TPSA) is 55.4 Å². The van der Waals surface area contributed by atoms with Crippen LogP contribution in [0.25, 0.3) is 0 Å². The molecule has 0 aromatic carbocycles. The van der Waals surface area contributed by atoms with E-state index in [4.69, 9.17) is 4.74 Å². The maximum absolute atomic E-state index is 11.7. The lowest BCUT2D eigenvalue weighted by molar-refractivity contribution is -0.154. The number of hydrogen-bond acceptors (Lipinski definition) is 3. The third-order valence-electron chi connectivity index (χ3n) is 3.28. The predicted molar refractivity (Wildman–Crippen MR) is 56.1 cm³/mol. The third-order valence-corrected chi connectivity index (χ3v) is 3.28. The molecule has 0 radical (unpaired) electrons. The van der Waals surface area contributed by atoms with Crippen molar-refractivity contribution in [1.29, 1.82) is 0 Å². The van der Waals surface area contributed by atoms with Crippen LogP contribution in [-0.2, 0) is 14.3 Å². The number of amides is 1. The van der Waals surface area contributed by atoms with Crippen molar-refractivity contribution in [3.05, 3.63) is 0 Å². The van der Waals surface area contributed by atoms with Gasteiger partial charge >= 0.3 is 5.97 Å². The van der Waals surface area contributed by atoms with Crippen molar-refractivity contribution in [1.82, 2.24) is 5.32 Å². The summed E-state index contributed by atoms with van der Waals surface area (Å²) in [5, 5.41) is 2.78. The third kappa shape index (κ3) is 2.13. The second-order valence-electron chi connectivity index (χ2n) is 4.29. The Labute approximate surface area is 90.4 Å². The molecule has 0 saturated carbocycles. The second kappa shape index (κ2) is 4.64. The number of methoxy groups -OCH3 is 1. The van der Waals surface area contributed by atoms with E-state index >= 15 is 0 Å². The van der Waals surface area contributed by atoms with Gasteiger partial charge in [-0.05, 0) is 19.8 Å². The van der Waals surface area contributed by atoms with E-state index in [9.17, 15) is 9.59 Å². The summed E-state index contributed by atoms with van der Waals surface area (Å²) in [6.45, 7) is 4.52. The van der Waals surface area contributed by atoms with Gasteiger partial charge in [0.2, 0.25) is 5.91 Å². The zero-order chi connectivity index (χ0) is 11.5. The first-order valence-electron chi connectivity index (χ1n) is 5.42. The molecular formula is C11H19NO3. The fourth-order valence-corrected chi connectivity index (χ4v) is 2.21. The molecule has 1 aliphatic heterocycles. The monoisotopic (exact) mass is 213 g/mol. The molecule has 0 aliphatic carbocycles. The lowest BCUT2D eigenvalue weighted by Gasteiger charge is -2.28. The van der Waals surface area contributed by atoms with Gasteiger partial charge in [-0.2, -0.15) is 0 Å². The van der Waals surface area contributed by atoms with Crippen molar-refractivity contribution in [2.45, 2.75) is 33.1 Å². The molecule has 1 rings (SSSR count). The van der Waals surface area contributed by atoms with Crippen LogP contribution in [0.15, 0.2) is 0 Å². The molecule has 0 aromatic heterocycles. The standard InChI is InChI=1S/C11H19NO3/c1-4-5-8(9(13)15-3)11(2)6-7-12-10(11)14/h8H,4-7H2,1-3H3,(H,12,14)/t8-,11-/m1/s1. The molecule has 15 heavy (non-hydrogen) atoms. The van der Waals surface area contributed by atoms with E-state index in [0.717, 1.165) is 6.42 Å². The molecular weight excluding hydrogens is 194 g/mol. The Hall–Kier alpha value is -1.06. The molecule has 1 heterocycles. The average molecular weight is 213 g/mol. The Morgan fingerprint density at radius 1 is 1.67 bits per heavy atom. The normalized spacial score (nSPS) is 27.3. The minimum absolute atomic E-state index is 0.0219. The van der Waals surface area contributed by atoms with Crippen molar-refractivity contribution < 1.29 is 14.3 Å². The lowest BCUT2D eigenvalue weighted by atomic mass is 9.73. The first kappa shape index (κ1) is 12.0. The summed E-state index contributed by atoms with van der Waals surface area (Å²) < 4.78 is 4.77. The smallest absolute Gasteiger partial charge is 0.309 e. The Morgan fingerprint density at radius 3 is 2.73 bits per heavy atom. The summed E-state index contributed by atoms with van der Waals surface area (Å²) in [5.41, 5.74) is -0.580. The van der Waals surface area contributed by atoms with Crippen LogP contribution in [0.3, 0.4) is 0 Å². The summed E-state index contributed by atoms with van der Waals surface area (Å²) in [6.07, 6.45) is 2.30. The summed E-state index contributed by atoms with van der Waals surface area (Å²) in [4.78, 5) is 23.4. The van der Waals surface area contributed by atoms with Crippen LogP contribution in [0.1, 0.15) is 33.1 Å². The lowest BCUT2D eigenvalue weighted by Crippen LogP contribution is -2.40. The minimum atomic E-state index is -0.580. The van der Waals surface area contributed by atoms with E-state index in [1.165, 1.54) is 7.11 Å². The van der Waals surface area contributed by atoms with Crippen LogP contribution >= 0.6 is 0 Å². The number of esters is 1. The van der Waals surface area contributed by atoms with E-state index in [1.54, 1.807) is 0 Å². The van der Waals surface area contributed by atoms with Crippen LogP contribution in [0, 0.1) is 11.3 Å². The van der Waals surface area contributed by atoms with E-state index in [0.29, 0.717) is 19.4 Å². The summed E-state index contributed by atoms with van der Waals surface area (Å²) >= 11 is 0. The fourth-order valence-electron chi connectivity index (χ4n) is 2.21. The second-order valence-corrected chi connectivity index (χ2v) is 4.29. The molecule has 0 unspecified atom stereocenters. The van der Waals surface area contributed by atoms with Gasteiger partial charge in [-0.1, -0.05) is 13.3 Å². The minimum Gasteiger partial charge on any atom is -0.469 e. The maximum atomic E-state index is 11.7. The van der Waals surface area contributed by atoms with Gasteiger partial charge in [-0.3, -0.25) is 9.59 Å². The molecule has 0 bridgehead atoms. The van der Waals surface area contributed by atoms with Crippen LogP contribution in [0.5, 0.6) is 0 Å². The van der Waals surface area contributed by atoms with Crippen LogP contribution in [-0.4, -0.2) is 25.5 Å². The number of nitrogens with one attached hydrogen (secondary N) is 1. The number of carbonyl (C=O) groups is 2. The van der Waals surface area contributed by atoms with Gasteiger partial charge in [-0.15, -0.1) is 0 Å². The van der Waals surface area contributed by atoms with E-state index in [2.05, 4.69) is 5.32 Å². The molecule has 1 fully saturated rings. The van der Waals surface area contributed by atoms with Gasteiger partial charge in [-0.25, -0.2) is 0 Å². The molecule has 4 nitrogen and oxygen atoms in total. The largest absolute Gasteiger partial charge is 0.469 e. The van der Waals surface area contributed by atoms with Crippen molar-refractivity contribution in [3.8, 4) is 0 Å². The van der Waals surface area contributed by atoms with Crippen molar-refractivity contribution in [2.75, 3.05) is 13.7 Å². The van der Waals surface area contributed by atoms with Crippen molar-refractivity contribution >= 4 is 11.9 Å². The Balaban J connectivity index is 2.87. The van der Waals surface area contributed by atoms with Crippen LogP contribution < -0.4 is 5.32 Å². The molecule has 86 valence electrons. The van der Waals surface area contributed by atoms with Crippen LogP contribution in [0.4, 0.5) is 0 Å². The summed E-state index contributed by atoms with van der Waals surface area (Å²) in [5.74, 6) is -0.599. The maximum Gasteiger partial charge on any atom is 0.309 e. The van der Waals surface area contributed by atoms with E-state index in [1.807, 2.05) is 13.8 Å². The van der Waals surface area contributed by atoms with E-state index < -0.39 is 5.41 Å². The van der Waals surface area contributed by atoms with Gasteiger partial charge in [0.1, 0.15) is 0 Å². The highest BCUT2D eigenvalue weighted by Gasteiger charge is 2.47.